The summed E-state index contributed by atoms with van der Waals surface area (Å²) in [5, 5.41) is 6.57. The van der Waals surface area contributed by atoms with E-state index in [1.54, 1.807) is 42.5 Å². The molecule has 1 heterocycles. The molecule has 2 N–H and O–H groups in total. The normalized spacial score (nSPS) is 15.6. The van der Waals surface area contributed by atoms with Crippen LogP contribution in [0.1, 0.15) is 5.56 Å². The summed E-state index contributed by atoms with van der Waals surface area (Å²) in [6, 6.07) is 23.5. The maximum Gasteiger partial charge on any atom is 0.264 e. The Labute approximate surface area is 194 Å². The van der Waals surface area contributed by atoms with E-state index in [4.69, 9.17) is 16.3 Å². The Bertz CT molecular complexity index is 1190. The number of nitrogens with zero attached hydrogens (tertiary/aromatic N) is 1. The van der Waals surface area contributed by atoms with Crippen molar-refractivity contribution in [3.63, 3.8) is 0 Å². The van der Waals surface area contributed by atoms with Crippen LogP contribution in [0.15, 0.2) is 88.8 Å². The summed E-state index contributed by atoms with van der Waals surface area (Å²) in [5.74, 6) is 0.0636. The molecule has 0 saturated carbocycles. The molecule has 3 aromatic carbocycles. The highest BCUT2D eigenvalue weighted by molar-refractivity contribution is 8.18. The smallest absolute Gasteiger partial charge is 0.264 e. The quantitative estimate of drug-likeness (QED) is 0.489. The maximum absolute atomic E-state index is 12.2. The molecular weight excluding hydrogens is 446 g/mol. The van der Waals surface area contributed by atoms with Crippen LogP contribution in [0.4, 0.5) is 11.4 Å². The van der Waals surface area contributed by atoms with Gasteiger partial charge in [0.15, 0.2) is 11.8 Å². The Kier molecular flexibility index (Phi) is 6.89. The number of carbonyl (C=O) groups excluding carboxylic acids is 2. The summed E-state index contributed by atoms with van der Waals surface area (Å²) >= 11 is 7.20. The van der Waals surface area contributed by atoms with Crippen LogP contribution in [0.25, 0.3) is 6.08 Å². The van der Waals surface area contributed by atoms with Gasteiger partial charge in [0, 0.05) is 10.7 Å². The van der Waals surface area contributed by atoms with Crippen molar-refractivity contribution in [1.82, 2.24) is 5.32 Å². The molecule has 1 aliphatic rings. The SMILES string of the molecule is O=C(COc1ccc(/C=C2\SC(=Nc3ccccc3)NC2=O)cc1)Nc1cccc(Cl)c1. The van der Waals surface area contributed by atoms with Crippen LogP contribution < -0.4 is 15.4 Å². The van der Waals surface area contributed by atoms with Crippen LogP contribution in [0.5, 0.6) is 5.75 Å². The van der Waals surface area contributed by atoms with Crippen molar-refractivity contribution in [3.05, 3.63) is 94.4 Å². The molecule has 1 aliphatic heterocycles. The summed E-state index contributed by atoms with van der Waals surface area (Å²) in [7, 11) is 0. The van der Waals surface area contributed by atoms with Crippen LogP contribution in [0.2, 0.25) is 5.02 Å². The molecule has 1 fully saturated rings. The summed E-state index contributed by atoms with van der Waals surface area (Å²) < 4.78 is 5.53. The minimum Gasteiger partial charge on any atom is -0.484 e. The minimum atomic E-state index is -0.289. The van der Waals surface area contributed by atoms with Gasteiger partial charge in [-0.15, -0.1) is 0 Å². The second-order valence-electron chi connectivity index (χ2n) is 6.73. The van der Waals surface area contributed by atoms with Gasteiger partial charge in [-0.1, -0.05) is 48.0 Å². The number of ether oxygens (including phenoxy) is 1. The van der Waals surface area contributed by atoms with Crippen molar-refractivity contribution < 1.29 is 14.3 Å². The Morgan fingerprint density at radius 1 is 1.06 bits per heavy atom. The van der Waals surface area contributed by atoms with Crippen LogP contribution >= 0.6 is 23.4 Å². The van der Waals surface area contributed by atoms with E-state index in [0.29, 0.717) is 26.5 Å². The van der Waals surface area contributed by atoms with Gasteiger partial charge >= 0.3 is 0 Å². The molecule has 0 bridgehead atoms. The van der Waals surface area contributed by atoms with Gasteiger partial charge in [-0.3, -0.25) is 9.59 Å². The Balaban J connectivity index is 1.33. The summed E-state index contributed by atoms with van der Waals surface area (Å²) in [4.78, 5) is 29.3. The van der Waals surface area contributed by atoms with Crippen molar-refractivity contribution in [2.45, 2.75) is 0 Å². The number of anilines is 1. The summed E-state index contributed by atoms with van der Waals surface area (Å²) in [6.07, 6.45) is 1.78. The van der Waals surface area contributed by atoms with Crippen molar-refractivity contribution in [1.29, 1.82) is 0 Å². The number of thioether (sulfide) groups is 1. The Morgan fingerprint density at radius 3 is 2.59 bits per heavy atom. The average Bonchev–Trinajstić information content (AvgIpc) is 3.12. The predicted molar refractivity (Wildman–Crippen MR) is 129 cm³/mol. The number of hydrogen-bond acceptors (Lipinski definition) is 5. The predicted octanol–water partition coefficient (Wildman–Crippen LogP) is 5.25. The fraction of sp³-hybridized carbons (Fsp3) is 0.0417. The number of nitrogens with one attached hydrogen (secondary N) is 2. The van der Waals surface area contributed by atoms with Gasteiger partial charge in [0.05, 0.1) is 10.6 Å². The number of rotatable bonds is 6. The number of para-hydroxylation sites is 1. The highest BCUT2D eigenvalue weighted by Gasteiger charge is 2.23. The van der Waals surface area contributed by atoms with E-state index in [1.165, 1.54) is 11.8 Å². The number of amidine groups is 1. The van der Waals surface area contributed by atoms with E-state index in [0.717, 1.165) is 11.3 Å². The number of hydrogen-bond donors (Lipinski definition) is 2. The molecule has 4 rings (SSSR count). The molecule has 32 heavy (non-hydrogen) atoms. The van der Waals surface area contributed by atoms with E-state index in [2.05, 4.69) is 15.6 Å². The van der Waals surface area contributed by atoms with E-state index in [-0.39, 0.29) is 18.4 Å². The first-order valence-corrected chi connectivity index (χ1v) is 10.9. The lowest BCUT2D eigenvalue weighted by molar-refractivity contribution is -0.118. The third-order valence-electron chi connectivity index (χ3n) is 4.29. The summed E-state index contributed by atoms with van der Waals surface area (Å²) in [6.45, 7) is -0.134. The molecule has 0 radical (unpaired) electrons. The van der Waals surface area contributed by atoms with Crippen LogP contribution in [0, 0.1) is 0 Å². The lowest BCUT2D eigenvalue weighted by Crippen LogP contribution is -2.20. The Hall–Kier alpha value is -3.55. The number of halogens is 1. The zero-order valence-electron chi connectivity index (χ0n) is 16.7. The lowest BCUT2D eigenvalue weighted by Gasteiger charge is -2.08. The molecule has 0 unspecified atom stereocenters. The molecular formula is C24H18ClN3O3S. The topological polar surface area (TPSA) is 79.8 Å². The van der Waals surface area contributed by atoms with Gasteiger partial charge in [-0.25, -0.2) is 4.99 Å². The van der Waals surface area contributed by atoms with Gasteiger partial charge in [0.2, 0.25) is 0 Å². The first-order chi connectivity index (χ1) is 15.5. The van der Waals surface area contributed by atoms with Crippen molar-refractivity contribution in [3.8, 4) is 5.75 Å². The monoisotopic (exact) mass is 463 g/mol. The fourth-order valence-electron chi connectivity index (χ4n) is 2.82. The molecule has 1 saturated heterocycles. The molecule has 0 atom stereocenters. The van der Waals surface area contributed by atoms with Gasteiger partial charge in [-0.05, 0) is 65.9 Å². The number of carbonyl (C=O) groups is 2. The van der Waals surface area contributed by atoms with E-state index in [1.807, 2.05) is 42.5 Å². The molecule has 8 heteroatoms. The van der Waals surface area contributed by atoms with Crippen LogP contribution in [0.3, 0.4) is 0 Å². The second kappa shape index (κ2) is 10.2. The first-order valence-electron chi connectivity index (χ1n) is 9.68. The van der Waals surface area contributed by atoms with E-state index >= 15 is 0 Å². The zero-order valence-corrected chi connectivity index (χ0v) is 18.3. The van der Waals surface area contributed by atoms with Gasteiger partial charge < -0.3 is 15.4 Å². The second-order valence-corrected chi connectivity index (χ2v) is 8.20. The fourth-order valence-corrected chi connectivity index (χ4v) is 3.86. The maximum atomic E-state index is 12.2. The van der Waals surface area contributed by atoms with Crippen molar-refractivity contribution >= 4 is 57.8 Å². The largest absolute Gasteiger partial charge is 0.484 e. The van der Waals surface area contributed by atoms with Crippen molar-refractivity contribution in [2.75, 3.05) is 11.9 Å². The standard InChI is InChI=1S/C24H18ClN3O3S/c25-17-5-4-8-19(14-17)26-22(29)15-31-20-11-9-16(10-12-20)13-21-23(30)28-24(32-21)27-18-6-2-1-3-7-18/h1-14H,15H2,(H,26,29)(H,27,28,30)/b21-13-. The first kappa shape index (κ1) is 21.7. The van der Waals surface area contributed by atoms with Gasteiger partial charge in [-0.2, -0.15) is 0 Å². The minimum absolute atomic E-state index is 0.134. The van der Waals surface area contributed by atoms with Gasteiger partial charge in [0.25, 0.3) is 11.8 Å². The summed E-state index contributed by atoms with van der Waals surface area (Å²) in [5.41, 5.74) is 2.22. The van der Waals surface area contributed by atoms with Crippen LogP contribution in [-0.4, -0.2) is 23.6 Å². The number of amides is 2. The number of aliphatic imine (C=N–C) groups is 1. The molecule has 6 nitrogen and oxygen atoms in total. The van der Waals surface area contributed by atoms with E-state index in [9.17, 15) is 9.59 Å². The highest BCUT2D eigenvalue weighted by Crippen LogP contribution is 2.28. The molecule has 3 aromatic rings. The highest BCUT2D eigenvalue weighted by atomic mass is 35.5. The van der Waals surface area contributed by atoms with Crippen LogP contribution in [-0.2, 0) is 9.59 Å². The zero-order chi connectivity index (χ0) is 22.3. The van der Waals surface area contributed by atoms with E-state index < -0.39 is 0 Å². The third-order valence-corrected chi connectivity index (χ3v) is 5.44. The van der Waals surface area contributed by atoms with Gasteiger partial charge in [0.1, 0.15) is 5.75 Å². The average molecular weight is 464 g/mol. The molecule has 0 aliphatic carbocycles. The molecule has 0 aromatic heterocycles. The molecule has 2 amide bonds. The third kappa shape index (κ3) is 6.00. The molecule has 0 spiro atoms. The molecule has 160 valence electrons. The van der Waals surface area contributed by atoms with Crippen molar-refractivity contribution in [2.24, 2.45) is 4.99 Å². The lowest BCUT2D eigenvalue weighted by atomic mass is 10.2. The number of benzene rings is 3. The Morgan fingerprint density at radius 2 is 1.84 bits per heavy atom.